The van der Waals surface area contributed by atoms with Gasteiger partial charge in [-0.1, -0.05) is 6.92 Å². The Hall–Kier alpha value is -1.51. The first-order valence-corrected chi connectivity index (χ1v) is 6.10. The molecule has 2 atom stereocenters. The van der Waals surface area contributed by atoms with Gasteiger partial charge in [-0.3, -0.25) is 4.79 Å². The third-order valence-electron chi connectivity index (χ3n) is 4.30. The number of hydrogen-bond donors (Lipinski definition) is 1. The lowest BCUT2D eigenvalue weighted by Gasteiger charge is -2.35. The van der Waals surface area contributed by atoms with E-state index in [4.69, 9.17) is 4.74 Å². The van der Waals surface area contributed by atoms with E-state index < -0.39 is 0 Å². The molecule has 0 unspecified atom stereocenters. The molecule has 0 radical (unpaired) electrons. The number of ether oxygens (including phenoxy) is 1. The van der Waals surface area contributed by atoms with Crippen molar-refractivity contribution in [3.05, 3.63) is 23.8 Å². The van der Waals surface area contributed by atoms with E-state index >= 15 is 0 Å². The number of nitrogens with one attached hydrogen (secondary N) is 1. The molecule has 2 aliphatic rings. The van der Waals surface area contributed by atoms with Gasteiger partial charge in [0, 0.05) is 30.0 Å². The highest BCUT2D eigenvalue weighted by atomic mass is 16.5. The number of benzene rings is 1. The van der Waals surface area contributed by atoms with Gasteiger partial charge in [-0.05, 0) is 30.2 Å². The maximum absolute atomic E-state index is 11.6. The second kappa shape index (κ2) is 3.49. The van der Waals surface area contributed by atoms with Gasteiger partial charge in [0.15, 0.2) is 0 Å². The maximum atomic E-state index is 11.6. The van der Waals surface area contributed by atoms with Crippen LogP contribution >= 0.6 is 0 Å². The fourth-order valence-electron chi connectivity index (χ4n) is 3.10. The fourth-order valence-corrected chi connectivity index (χ4v) is 3.10. The molecule has 0 amide bonds. The van der Waals surface area contributed by atoms with Gasteiger partial charge >= 0.3 is 0 Å². The lowest BCUT2D eigenvalue weighted by Crippen LogP contribution is -2.42. The molecule has 1 heterocycles. The van der Waals surface area contributed by atoms with E-state index in [2.05, 4.69) is 24.4 Å². The Morgan fingerprint density at radius 3 is 3.06 bits per heavy atom. The predicted molar refractivity (Wildman–Crippen MR) is 66.6 cm³/mol. The molecule has 3 rings (SSSR count). The van der Waals surface area contributed by atoms with E-state index in [1.54, 1.807) is 7.11 Å². The molecular weight excluding hydrogens is 214 g/mol. The van der Waals surface area contributed by atoms with Crippen LogP contribution in [0.1, 0.15) is 31.7 Å². The predicted octanol–water partition coefficient (Wildman–Crippen LogP) is 2.50. The number of hydrogen-bond acceptors (Lipinski definition) is 3. The van der Waals surface area contributed by atoms with E-state index in [-0.39, 0.29) is 11.5 Å². The molecule has 1 N–H and O–H groups in total. The number of carbonyl (C=O) groups excluding carboxylic acids is 1. The van der Waals surface area contributed by atoms with Crippen molar-refractivity contribution >= 4 is 11.5 Å². The van der Waals surface area contributed by atoms with Crippen LogP contribution in [0.4, 0.5) is 5.69 Å². The van der Waals surface area contributed by atoms with Crippen LogP contribution in [0.5, 0.6) is 5.75 Å². The minimum Gasteiger partial charge on any atom is -0.497 e. The van der Waals surface area contributed by atoms with Crippen LogP contribution in [0.2, 0.25) is 0 Å². The summed E-state index contributed by atoms with van der Waals surface area (Å²) in [6.45, 7) is 2.25. The highest BCUT2D eigenvalue weighted by molar-refractivity contribution is 5.83. The van der Waals surface area contributed by atoms with Crippen molar-refractivity contribution < 1.29 is 9.53 Å². The molecule has 1 aliphatic heterocycles. The summed E-state index contributed by atoms with van der Waals surface area (Å²) in [4.78, 5) is 11.6. The van der Waals surface area contributed by atoms with Gasteiger partial charge < -0.3 is 10.1 Å². The quantitative estimate of drug-likeness (QED) is 0.807. The van der Waals surface area contributed by atoms with Gasteiger partial charge in [-0.2, -0.15) is 0 Å². The van der Waals surface area contributed by atoms with E-state index in [1.807, 2.05) is 6.07 Å². The Labute approximate surface area is 101 Å². The van der Waals surface area contributed by atoms with Gasteiger partial charge in [0.1, 0.15) is 11.5 Å². The maximum Gasteiger partial charge on any atom is 0.135 e. The molecule has 3 nitrogen and oxygen atoms in total. The molecule has 0 saturated heterocycles. The third-order valence-corrected chi connectivity index (χ3v) is 4.30. The Bertz CT molecular complexity index is 483. The lowest BCUT2D eigenvalue weighted by atomic mass is 9.69. The SMILES string of the molecule is COc1ccc2c(c1)[C@@]1(C)CCC(=O)C[C@H]1N2. The highest BCUT2D eigenvalue weighted by Crippen LogP contribution is 2.48. The summed E-state index contributed by atoms with van der Waals surface area (Å²) in [5.74, 6) is 1.27. The van der Waals surface area contributed by atoms with Gasteiger partial charge in [0.05, 0.1) is 7.11 Å². The van der Waals surface area contributed by atoms with Crippen LogP contribution in [0.15, 0.2) is 18.2 Å². The summed E-state index contributed by atoms with van der Waals surface area (Å²) in [6.07, 6.45) is 2.28. The fraction of sp³-hybridized carbons (Fsp3) is 0.500. The number of rotatable bonds is 1. The molecule has 0 aromatic heterocycles. The molecule has 0 spiro atoms. The van der Waals surface area contributed by atoms with Crippen molar-refractivity contribution in [3.8, 4) is 5.75 Å². The average Bonchev–Trinajstić information content (AvgIpc) is 2.62. The van der Waals surface area contributed by atoms with E-state index in [0.717, 1.165) is 17.9 Å². The minimum absolute atomic E-state index is 0.0811. The van der Waals surface area contributed by atoms with Crippen molar-refractivity contribution in [2.75, 3.05) is 12.4 Å². The van der Waals surface area contributed by atoms with Crippen LogP contribution in [0.3, 0.4) is 0 Å². The molecule has 1 aliphatic carbocycles. The zero-order valence-electron chi connectivity index (χ0n) is 10.2. The second-order valence-electron chi connectivity index (χ2n) is 5.27. The van der Waals surface area contributed by atoms with Crippen molar-refractivity contribution in [2.45, 2.75) is 37.6 Å². The first kappa shape index (κ1) is 10.6. The van der Waals surface area contributed by atoms with E-state index in [1.165, 1.54) is 5.56 Å². The van der Waals surface area contributed by atoms with Crippen LogP contribution in [-0.2, 0) is 10.2 Å². The molecule has 1 aromatic rings. The number of carbonyl (C=O) groups is 1. The molecular formula is C14H17NO2. The Morgan fingerprint density at radius 1 is 1.47 bits per heavy atom. The summed E-state index contributed by atoms with van der Waals surface area (Å²) in [5.41, 5.74) is 2.54. The normalized spacial score (nSPS) is 30.5. The third kappa shape index (κ3) is 1.45. The Kier molecular flexibility index (Phi) is 2.18. The van der Waals surface area contributed by atoms with Gasteiger partial charge in [0.2, 0.25) is 0 Å². The monoisotopic (exact) mass is 231 g/mol. The van der Waals surface area contributed by atoms with E-state index in [9.17, 15) is 4.79 Å². The van der Waals surface area contributed by atoms with Gasteiger partial charge in [-0.25, -0.2) is 0 Å². The summed E-state index contributed by atoms with van der Waals surface area (Å²) < 4.78 is 5.29. The molecule has 1 saturated carbocycles. The zero-order chi connectivity index (χ0) is 12.0. The standard InChI is InChI=1S/C14H17NO2/c1-14-6-5-9(16)7-13(14)15-12-4-3-10(17-2)8-11(12)14/h3-4,8,13,15H,5-7H2,1-2H3/t13-,14-/m1/s1. The summed E-state index contributed by atoms with van der Waals surface area (Å²) in [6, 6.07) is 6.39. The molecule has 3 heteroatoms. The van der Waals surface area contributed by atoms with Crippen LogP contribution < -0.4 is 10.1 Å². The topological polar surface area (TPSA) is 38.3 Å². The van der Waals surface area contributed by atoms with Crippen molar-refractivity contribution in [3.63, 3.8) is 0 Å². The summed E-state index contributed by atoms with van der Waals surface area (Å²) in [5, 5.41) is 3.48. The van der Waals surface area contributed by atoms with E-state index in [0.29, 0.717) is 18.6 Å². The molecule has 90 valence electrons. The number of fused-ring (bicyclic) bond motifs is 3. The molecule has 1 fully saturated rings. The molecule has 0 bridgehead atoms. The lowest BCUT2D eigenvalue weighted by molar-refractivity contribution is -0.121. The minimum atomic E-state index is 0.0811. The Balaban J connectivity index is 2.05. The van der Waals surface area contributed by atoms with Crippen molar-refractivity contribution in [1.82, 2.24) is 0 Å². The summed E-state index contributed by atoms with van der Waals surface area (Å²) >= 11 is 0. The smallest absolute Gasteiger partial charge is 0.135 e. The van der Waals surface area contributed by atoms with Crippen molar-refractivity contribution in [2.24, 2.45) is 0 Å². The van der Waals surface area contributed by atoms with Crippen LogP contribution in [-0.4, -0.2) is 18.9 Å². The average molecular weight is 231 g/mol. The number of ketones is 1. The van der Waals surface area contributed by atoms with Crippen LogP contribution in [0.25, 0.3) is 0 Å². The number of anilines is 1. The Morgan fingerprint density at radius 2 is 2.29 bits per heavy atom. The van der Waals surface area contributed by atoms with Crippen molar-refractivity contribution in [1.29, 1.82) is 0 Å². The number of methoxy groups -OCH3 is 1. The van der Waals surface area contributed by atoms with Crippen LogP contribution in [0, 0.1) is 0 Å². The van der Waals surface area contributed by atoms with Gasteiger partial charge in [0.25, 0.3) is 0 Å². The summed E-state index contributed by atoms with van der Waals surface area (Å²) in [7, 11) is 1.69. The molecule has 1 aromatic carbocycles. The zero-order valence-corrected chi connectivity index (χ0v) is 10.2. The molecule has 17 heavy (non-hydrogen) atoms. The van der Waals surface area contributed by atoms with Gasteiger partial charge in [-0.15, -0.1) is 0 Å². The highest BCUT2D eigenvalue weighted by Gasteiger charge is 2.46. The number of Topliss-reactive ketones (excluding diaryl/α,β-unsaturated/α-hetero) is 1. The first-order valence-electron chi connectivity index (χ1n) is 6.10. The second-order valence-corrected chi connectivity index (χ2v) is 5.27. The largest absolute Gasteiger partial charge is 0.497 e. The first-order chi connectivity index (χ1) is 8.13.